The molecule has 4 nitrogen and oxygen atoms in total. The lowest BCUT2D eigenvalue weighted by atomic mass is 10.1. The molecule has 7 heteroatoms. The number of amides is 2. The monoisotopic (exact) mass is 396 g/mol. The van der Waals surface area contributed by atoms with E-state index >= 15 is 0 Å². The number of anilines is 2. The molecule has 1 saturated heterocycles. The third-order valence-electron chi connectivity index (χ3n) is 4.21. The average Bonchev–Trinajstić information content (AvgIpc) is 2.95. The van der Waals surface area contributed by atoms with Crippen molar-refractivity contribution in [3.63, 3.8) is 0 Å². The Morgan fingerprint density at radius 3 is 2.68 bits per heavy atom. The van der Waals surface area contributed by atoms with Gasteiger partial charge < -0.3 is 10.2 Å². The van der Waals surface area contributed by atoms with E-state index in [-0.39, 0.29) is 18.2 Å². The maximum absolute atomic E-state index is 12.5. The second-order valence-electron chi connectivity index (χ2n) is 5.90. The van der Waals surface area contributed by atoms with E-state index in [4.69, 9.17) is 34.8 Å². The van der Waals surface area contributed by atoms with Gasteiger partial charge in [0.15, 0.2) is 0 Å². The lowest BCUT2D eigenvalue weighted by Gasteiger charge is -2.19. The summed E-state index contributed by atoms with van der Waals surface area (Å²) in [4.78, 5) is 26.5. The van der Waals surface area contributed by atoms with Crippen LogP contribution in [0.4, 0.5) is 11.4 Å². The fourth-order valence-corrected chi connectivity index (χ4v) is 3.34. The SMILES string of the molecule is Cc1c(Cl)cccc1N1CC(C(=O)Nc2cc(Cl)ccc2Cl)CC1=O. The van der Waals surface area contributed by atoms with Gasteiger partial charge in [-0.05, 0) is 42.8 Å². The Labute approximate surface area is 160 Å². The number of hydrogen-bond donors (Lipinski definition) is 1. The summed E-state index contributed by atoms with van der Waals surface area (Å²) in [7, 11) is 0. The molecule has 2 aromatic carbocycles. The lowest BCUT2D eigenvalue weighted by Crippen LogP contribution is -2.28. The number of benzene rings is 2. The minimum Gasteiger partial charge on any atom is -0.324 e. The zero-order chi connectivity index (χ0) is 18.1. The summed E-state index contributed by atoms with van der Waals surface area (Å²) in [6, 6.07) is 10.2. The quantitative estimate of drug-likeness (QED) is 0.797. The third kappa shape index (κ3) is 3.76. The zero-order valence-corrected chi connectivity index (χ0v) is 15.6. The zero-order valence-electron chi connectivity index (χ0n) is 13.4. The maximum atomic E-state index is 12.5. The molecule has 0 bridgehead atoms. The van der Waals surface area contributed by atoms with Crippen molar-refractivity contribution in [1.29, 1.82) is 0 Å². The van der Waals surface area contributed by atoms with Gasteiger partial charge in [-0.2, -0.15) is 0 Å². The molecule has 1 atom stereocenters. The van der Waals surface area contributed by atoms with Gasteiger partial charge in [0.25, 0.3) is 0 Å². The number of nitrogens with one attached hydrogen (secondary N) is 1. The molecule has 25 heavy (non-hydrogen) atoms. The van der Waals surface area contributed by atoms with Crippen LogP contribution >= 0.6 is 34.8 Å². The van der Waals surface area contributed by atoms with Crippen molar-refractivity contribution >= 4 is 58.0 Å². The van der Waals surface area contributed by atoms with Crippen molar-refractivity contribution in [2.24, 2.45) is 5.92 Å². The molecule has 0 saturated carbocycles. The smallest absolute Gasteiger partial charge is 0.229 e. The van der Waals surface area contributed by atoms with Gasteiger partial charge in [-0.1, -0.05) is 40.9 Å². The van der Waals surface area contributed by atoms with Crippen LogP contribution < -0.4 is 10.2 Å². The van der Waals surface area contributed by atoms with Crippen LogP contribution in [0.3, 0.4) is 0 Å². The molecule has 0 aliphatic carbocycles. The molecule has 1 heterocycles. The summed E-state index contributed by atoms with van der Waals surface area (Å²) in [6.07, 6.45) is 0.135. The van der Waals surface area contributed by atoms with Crippen LogP contribution in [-0.2, 0) is 9.59 Å². The van der Waals surface area contributed by atoms with E-state index in [2.05, 4.69) is 5.32 Å². The van der Waals surface area contributed by atoms with Crippen LogP contribution in [0.5, 0.6) is 0 Å². The molecular weight excluding hydrogens is 383 g/mol. The van der Waals surface area contributed by atoms with E-state index in [0.717, 1.165) is 11.3 Å². The maximum Gasteiger partial charge on any atom is 0.229 e. The van der Waals surface area contributed by atoms with Crippen molar-refractivity contribution in [3.05, 3.63) is 57.0 Å². The highest BCUT2D eigenvalue weighted by Crippen LogP contribution is 2.32. The molecule has 1 aliphatic heterocycles. The predicted octanol–water partition coefficient (Wildman–Crippen LogP) is 4.95. The number of hydrogen-bond acceptors (Lipinski definition) is 2. The summed E-state index contributed by atoms with van der Waals surface area (Å²) in [5.74, 6) is -0.844. The molecule has 130 valence electrons. The second kappa shape index (κ2) is 7.24. The van der Waals surface area contributed by atoms with Gasteiger partial charge in [-0.25, -0.2) is 0 Å². The Bertz CT molecular complexity index is 854. The topological polar surface area (TPSA) is 49.4 Å². The Morgan fingerprint density at radius 2 is 1.92 bits per heavy atom. The van der Waals surface area contributed by atoms with Gasteiger partial charge in [-0.3, -0.25) is 9.59 Å². The first-order valence-electron chi connectivity index (χ1n) is 7.68. The minimum absolute atomic E-state index is 0.109. The van der Waals surface area contributed by atoms with Gasteiger partial charge in [0.1, 0.15) is 0 Å². The van der Waals surface area contributed by atoms with Crippen molar-refractivity contribution in [2.45, 2.75) is 13.3 Å². The van der Waals surface area contributed by atoms with Gasteiger partial charge in [-0.15, -0.1) is 0 Å². The molecule has 1 fully saturated rings. The van der Waals surface area contributed by atoms with Gasteiger partial charge in [0, 0.05) is 28.7 Å². The largest absolute Gasteiger partial charge is 0.324 e. The number of nitrogens with zero attached hydrogens (tertiary/aromatic N) is 1. The standard InChI is InChI=1S/C18H15Cl3N2O2/c1-10-13(20)3-2-4-16(10)23-9-11(7-17(23)24)18(25)22-15-8-12(19)5-6-14(15)21/h2-6,8,11H,7,9H2,1H3,(H,22,25). The molecule has 0 aromatic heterocycles. The Morgan fingerprint density at radius 1 is 1.16 bits per heavy atom. The van der Waals surface area contributed by atoms with E-state index in [1.165, 1.54) is 0 Å². The molecule has 1 aliphatic rings. The molecule has 0 spiro atoms. The van der Waals surface area contributed by atoms with Crippen molar-refractivity contribution in [1.82, 2.24) is 0 Å². The van der Waals surface area contributed by atoms with E-state index in [1.807, 2.05) is 13.0 Å². The normalized spacial score (nSPS) is 17.0. The Kier molecular flexibility index (Phi) is 5.23. The summed E-state index contributed by atoms with van der Waals surface area (Å²) in [5, 5.41) is 4.20. The van der Waals surface area contributed by atoms with Crippen LogP contribution in [0, 0.1) is 12.8 Å². The number of rotatable bonds is 3. The highest BCUT2D eigenvalue weighted by molar-refractivity contribution is 6.35. The predicted molar refractivity (Wildman–Crippen MR) is 102 cm³/mol. The molecule has 0 radical (unpaired) electrons. The van der Waals surface area contributed by atoms with Crippen LogP contribution in [0.25, 0.3) is 0 Å². The number of carbonyl (C=O) groups excluding carboxylic acids is 2. The Hall–Kier alpha value is -1.75. The van der Waals surface area contributed by atoms with Crippen LogP contribution in [0.1, 0.15) is 12.0 Å². The molecule has 2 aromatic rings. The van der Waals surface area contributed by atoms with E-state index < -0.39 is 5.92 Å². The molecule has 1 unspecified atom stereocenters. The van der Waals surface area contributed by atoms with Gasteiger partial charge in [0.2, 0.25) is 11.8 Å². The molecule has 3 rings (SSSR count). The summed E-state index contributed by atoms with van der Waals surface area (Å²) in [5.41, 5.74) is 1.98. The fourth-order valence-electron chi connectivity index (χ4n) is 2.83. The van der Waals surface area contributed by atoms with Crippen LogP contribution in [0.2, 0.25) is 15.1 Å². The first-order chi connectivity index (χ1) is 11.9. The Balaban J connectivity index is 1.77. The highest BCUT2D eigenvalue weighted by atomic mass is 35.5. The summed E-state index contributed by atoms with van der Waals surface area (Å²) in [6.45, 7) is 2.15. The first-order valence-corrected chi connectivity index (χ1v) is 8.81. The fraction of sp³-hybridized carbons (Fsp3) is 0.222. The second-order valence-corrected chi connectivity index (χ2v) is 7.15. The average molecular weight is 398 g/mol. The number of halogens is 3. The van der Waals surface area contributed by atoms with Crippen LogP contribution in [0.15, 0.2) is 36.4 Å². The van der Waals surface area contributed by atoms with E-state index in [1.54, 1.807) is 35.2 Å². The summed E-state index contributed by atoms with van der Waals surface area (Å²) >= 11 is 18.1. The van der Waals surface area contributed by atoms with Crippen molar-refractivity contribution in [3.8, 4) is 0 Å². The van der Waals surface area contributed by atoms with Crippen LogP contribution in [-0.4, -0.2) is 18.4 Å². The van der Waals surface area contributed by atoms with Gasteiger partial charge >= 0.3 is 0 Å². The molecular formula is C18H15Cl3N2O2. The number of carbonyl (C=O) groups is 2. The van der Waals surface area contributed by atoms with Gasteiger partial charge in [0.05, 0.1) is 16.6 Å². The van der Waals surface area contributed by atoms with E-state index in [0.29, 0.717) is 27.3 Å². The summed E-state index contributed by atoms with van der Waals surface area (Å²) < 4.78 is 0. The molecule has 2 amide bonds. The van der Waals surface area contributed by atoms with E-state index in [9.17, 15) is 9.59 Å². The molecule has 1 N–H and O–H groups in total. The highest BCUT2D eigenvalue weighted by Gasteiger charge is 2.36. The van der Waals surface area contributed by atoms with Crippen molar-refractivity contribution < 1.29 is 9.59 Å². The van der Waals surface area contributed by atoms with Crippen molar-refractivity contribution in [2.75, 3.05) is 16.8 Å². The minimum atomic E-state index is -0.471. The lowest BCUT2D eigenvalue weighted by molar-refractivity contribution is -0.122. The first kappa shape index (κ1) is 18.1. The third-order valence-corrected chi connectivity index (χ3v) is 5.19.